The average Bonchev–Trinajstić information content (AvgIpc) is 2.47. The number of carbonyl (C=O) groups is 2. The molecule has 1 aromatic rings. The van der Waals surface area contributed by atoms with Gasteiger partial charge in [-0.1, -0.05) is 0 Å². The molecule has 0 spiro atoms. The molecule has 1 aromatic heterocycles. The zero-order valence-corrected chi connectivity index (χ0v) is 8.42. The highest BCUT2D eigenvalue weighted by molar-refractivity contribution is 6.03. The molecule has 1 aliphatic heterocycles. The summed E-state index contributed by atoms with van der Waals surface area (Å²) in [6.45, 7) is 3.63. The molecule has 0 bridgehead atoms. The van der Waals surface area contributed by atoms with Crippen LogP contribution in [0.4, 0.5) is 0 Å². The van der Waals surface area contributed by atoms with Crippen molar-refractivity contribution < 1.29 is 14.7 Å². The third kappa shape index (κ3) is 1.27. The molecule has 1 amide bonds. The Morgan fingerprint density at radius 1 is 1.40 bits per heavy atom. The van der Waals surface area contributed by atoms with Crippen LogP contribution in [-0.2, 0) is 6.54 Å². The number of carbonyl (C=O) groups excluding carboxylic acids is 1. The first-order valence-electron chi connectivity index (χ1n) is 4.54. The fourth-order valence-corrected chi connectivity index (χ4v) is 1.94. The van der Waals surface area contributed by atoms with E-state index in [1.165, 1.54) is 0 Å². The number of fused-ring (bicyclic) bond motifs is 1. The van der Waals surface area contributed by atoms with Crippen LogP contribution in [0.3, 0.4) is 0 Å². The van der Waals surface area contributed by atoms with Crippen molar-refractivity contribution in [2.24, 2.45) is 0 Å². The molecule has 2 rings (SSSR count). The minimum atomic E-state index is -1.03. The van der Waals surface area contributed by atoms with Crippen LogP contribution in [0, 0.1) is 13.8 Å². The summed E-state index contributed by atoms with van der Waals surface area (Å²) in [6, 6.07) is 0. The molecule has 5 heteroatoms. The number of hydrogen-bond acceptors (Lipinski definition) is 3. The molecule has 0 aromatic carbocycles. The maximum absolute atomic E-state index is 11.4. The number of aromatic nitrogens is 1. The van der Waals surface area contributed by atoms with E-state index in [0.717, 1.165) is 0 Å². The molecule has 0 atom stereocenters. The molecule has 0 saturated carbocycles. The van der Waals surface area contributed by atoms with Gasteiger partial charge >= 0.3 is 5.97 Å². The average molecular weight is 206 g/mol. The predicted octanol–water partition coefficient (Wildman–Crippen LogP) is 0.640. The molecule has 78 valence electrons. The maximum atomic E-state index is 11.4. The predicted molar refractivity (Wildman–Crippen MR) is 51.8 cm³/mol. The molecule has 0 aliphatic carbocycles. The van der Waals surface area contributed by atoms with Gasteiger partial charge in [-0.2, -0.15) is 0 Å². The lowest BCUT2D eigenvalue weighted by Crippen LogP contribution is -2.13. The van der Waals surface area contributed by atoms with E-state index in [0.29, 0.717) is 22.5 Å². The van der Waals surface area contributed by atoms with Crippen molar-refractivity contribution in [1.82, 2.24) is 10.3 Å². The molecule has 5 nitrogen and oxygen atoms in total. The first-order chi connectivity index (χ1) is 7.02. The Morgan fingerprint density at radius 2 is 2.07 bits per heavy atom. The summed E-state index contributed by atoms with van der Waals surface area (Å²) in [5, 5.41) is 11.6. The van der Waals surface area contributed by atoms with Crippen molar-refractivity contribution in [3.05, 3.63) is 28.1 Å². The highest BCUT2D eigenvalue weighted by Crippen LogP contribution is 2.24. The molecular weight excluding hydrogens is 196 g/mol. The Labute approximate surface area is 86.1 Å². The van der Waals surface area contributed by atoms with E-state index in [1.807, 2.05) is 0 Å². The first-order valence-corrected chi connectivity index (χ1v) is 4.54. The number of carboxylic acids is 1. The molecular formula is C10H10N2O3. The first kappa shape index (κ1) is 9.64. The number of carboxylic acid groups (broad SMARTS) is 1. The van der Waals surface area contributed by atoms with Gasteiger partial charge in [-0.25, -0.2) is 4.79 Å². The number of pyridine rings is 1. The lowest BCUT2D eigenvalue weighted by molar-refractivity contribution is 0.0694. The maximum Gasteiger partial charge on any atom is 0.337 e. The quantitative estimate of drug-likeness (QED) is 0.706. The van der Waals surface area contributed by atoms with Crippen molar-refractivity contribution in [3.63, 3.8) is 0 Å². The van der Waals surface area contributed by atoms with E-state index in [2.05, 4.69) is 10.3 Å². The van der Waals surface area contributed by atoms with Crippen LogP contribution in [-0.4, -0.2) is 22.0 Å². The highest BCUT2D eigenvalue weighted by atomic mass is 16.4. The molecule has 2 heterocycles. The number of hydrogen-bond donors (Lipinski definition) is 2. The standard InChI is InChI=1S/C10H10N2O3/c1-4-7-6(3-11-9(7)13)8(10(14)15)5(2)12-4/h3H2,1-2H3,(H,11,13)(H,14,15). The topological polar surface area (TPSA) is 79.3 Å². The van der Waals surface area contributed by atoms with E-state index in [9.17, 15) is 9.59 Å². The molecule has 0 radical (unpaired) electrons. The van der Waals surface area contributed by atoms with Crippen LogP contribution in [0.2, 0.25) is 0 Å². The van der Waals surface area contributed by atoms with E-state index in [1.54, 1.807) is 13.8 Å². The largest absolute Gasteiger partial charge is 0.478 e. The normalized spacial score (nSPS) is 13.6. The van der Waals surface area contributed by atoms with Crippen molar-refractivity contribution in [2.45, 2.75) is 20.4 Å². The summed E-state index contributed by atoms with van der Waals surface area (Å²) in [5.41, 5.74) is 2.15. The van der Waals surface area contributed by atoms with Gasteiger partial charge in [0.1, 0.15) is 0 Å². The number of aromatic carboxylic acids is 1. The smallest absolute Gasteiger partial charge is 0.337 e. The van der Waals surface area contributed by atoms with Gasteiger partial charge in [0.2, 0.25) is 0 Å². The molecule has 0 unspecified atom stereocenters. The summed E-state index contributed by atoms with van der Waals surface area (Å²) < 4.78 is 0. The third-order valence-electron chi connectivity index (χ3n) is 2.53. The van der Waals surface area contributed by atoms with Crippen LogP contribution in [0.25, 0.3) is 0 Å². The number of nitrogens with one attached hydrogen (secondary N) is 1. The summed E-state index contributed by atoms with van der Waals surface area (Å²) in [6.07, 6.45) is 0. The van der Waals surface area contributed by atoms with Gasteiger partial charge in [0.05, 0.1) is 22.5 Å². The molecule has 15 heavy (non-hydrogen) atoms. The fourth-order valence-electron chi connectivity index (χ4n) is 1.94. The number of rotatable bonds is 1. The second-order valence-electron chi connectivity index (χ2n) is 3.50. The summed E-state index contributed by atoms with van der Waals surface area (Å²) >= 11 is 0. The minimum Gasteiger partial charge on any atom is -0.478 e. The Balaban J connectivity index is 2.79. The monoisotopic (exact) mass is 206 g/mol. The highest BCUT2D eigenvalue weighted by Gasteiger charge is 2.28. The summed E-state index contributed by atoms with van der Waals surface area (Å²) in [4.78, 5) is 26.5. The zero-order valence-electron chi connectivity index (χ0n) is 8.42. The van der Waals surface area contributed by atoms with Crippen LogP contribution in [0.1, 0.15) is 37.7 Å². The SMILES string of the molecule is Cc1nc(C)c2c(c1C(=O)O)CNC2=O. The lowest BCUT2D eigenvalue weighted by atomic mass is 10.0. The van der Waals surface area contributed by atoms with Gasteiger partial charge in [0.25, 0.3) is 5.91 Å². The van der Waals surface area contributed by atoms with Crippen molar-refractivity contribution in [3.8, 4) is 0 Å². The van der Waals surface area contributed by atoms with E-state index >= 15 is 0 Å². The van der Waals surface area contributed by atoms with Crippen LogP contribution < -0.4 is 5.32 Å². The third-order valence-corrected chi connectivity index (χ3v) is 2.53. The van der Waals surface area contributed by atoms with Crippen molar-refractivity contribution in [1.29, 1.82) is 0 Å². The summed E-state index contributed by atoms with van der Waals surface area (Å²) in [5.74, 6) is -1.27. The Kier molecular flexibility index (Phi) is 1.96. The van der Waals surface area contributed by atoms with Gasteiger partial charge < -0.3 is 10.4 Å². The van der Waals surface area contributed by atoms with E-state index in [4.69, 9.17) is 5.11 Å². The van der Waals surface area contributed by atoms with E-state index < -0.39 is 5.97 Å². The van der Waals surface area contributed by atoms with Gasteiger partial charge in [-0.05, 0) is 13.8 Å². The van der Waals surface area contributed by atoms with Crippen molar-refractivity contribution in [2.75, 3.05) is 0 Å². The number of amides is 1. The lowest BCUT2D eigenvalue weighted by Gasteiger charge is -2.07. The second-order valence-corrected chi connectivity index (χ2v) is 3.50. The Hall–Kier alpha value is -1.91. The minimum absolute atomic E-state index is 0.147. The number of aryl methyl sites for hydroxylation is 2. The fraction of sp³-hybridized carbons (Fsp3) is 0.300. The van der Waals surface area contributed by atoms with Gasteiger partial charge in [-0.15, -0.1) is 0 Å². The second kappa shape index (κ2) is 3.05. The van der Waals surface area contributed by atoms with Gasteiger partial charge in [0.15, 0.2) is 0 Å². The summed E-state index contributed by atoms with van der Waals surface area (Å²) in [7, 11) is 0. The van der Waals surface area contributed by atoms with Gasteiger partial charge in [0, 0.05) is 12.1 Å². The zero-order chi connectivity index (χ0) is 11.2. The molecule has 1 aliphatic rings. The Morgan fingerprint density at radius 3 is 2.67 bits per heavy atom. The van der Waals surface area contributed by atoms with Crippen molar-refractivity contribution >= 4 is 11.9 Å². The van der Waals surface area contributed by atoms with Crippen LogP contribution in [0.5, 0.6) is 0 Å². The Bertz CT molecular complexity index is 480. The van der Waals surface area contributed by atoms with Crippen LogP contribution in [0.15, 0.2) is 0 Å². The molecule has 0 fully saturated rings. The van der Waals surface area contributed by atoms with Crippen LogP contribution >= 0.6 is 0 Å². The molecule has 0 saturated heterocycles. The van der Waals surface area contributed by atoms with Gasteiger partial charge in [-0.3, -0.25) is 9.78 Å². The number of nitrogens with zero attached hydrogens (tertiary/aromatic N) is 1. The molecule has 2 N–H and O–H groups in total. The van der Waals surface area contributed by atoms with E-state index in [-0.39, 0.29) is 18.0 Å².